The number of aromatic nitrogens is 2. The molecule has 0 aliphatic heterocycles. The van der Waals surface area contributed by atoms with Crippen LogP contribution in [0, 0.1) is 6.92 Å². The highest BCUT2D eigenvalue weighted by atomic mass is 15.3. The molecule has 0 radical (unpaired) electrons. The van der Waals surface area contributed by atoms with Crippen molar-refractivity contribution in [2.45, 2.75) is 26.9 Å². The standard InChI is InChI=1S/C14H19N3/c1-3-15-10-14-7-8-17(16-14)11-13-6-4-5-12(2)9-13/h4-9,15H,3,10-11H2,1-2H3. The van der Waals surface area contributed by atoms with Crippen LogP contribution >= 0.6 is 0 Å². The Morgan fingerprint density at radius 1 is 1.29 bits per heavy atom. The van der Waals surface area contributed by atoms with E-state index >= 15 is 0 Å². The fourth-order valence-corrected chi connectivity index (χ4v) is 1.84. The Hall–Kier alpha value is -1.61. The second-order valence-electron chi connectivity index (χ2n) is 4.27. The smallest absolute Gasteiger partial charge is 0.0762 e. The summed E-state index contributed by atoms with van der Waals surface area (Å²) in [5, 5.41) is 7.80. The number of aryl methyl sites for hydroxylation is 1. The summed E-state index contributed by atoms with van der Waals surface area (Å²) in [4.78, 5) is 0. The molecular weight excluding hydrogens is 210 g/mol. The van der Waals surface area contributed by atoms with Gasteiger partial charge in [0.1, 0.15) is 0 Å². The van der Waals surface area contributed by atoms with Crippen LogP contribution in [0.4, 0.5) is 0 Å². The van der Waals surface area contributed by atoms with E-state index in [9.17, 15) is 0 Å². The Morgan fingerprint density at radius 2 is 2.18 bits per heavy atom. The molecule has 2 aromatic rings. The predicted molar refractivity (Wildman–Crippen MR) is 69.9 cm³/mol. The van der Waals surface area contributed by atoms with Gasteiger partial charge in [-0.25, -0.2) is 0 Å². The van der Waals surface area contributed by atoms with E-state index in [0.29, 0.717) is 0 Å². The van der Waals surface area contributed by atoms with E-state index in [2.05, 4.69) is 54.6 Å². The summed E-state index contributed by atoms with van der Waals surface area (Å²) in [5.74, 6) is 0. The highest BCUT2D eigenvalue weighted by Gasteiger charge is 1.99. The van der Waals surface area contributed by atoms with E-state index in [4.69, 9.17) is 0 Å². The molecule has 0 unspecified atom stereocenters. The van der Waals surface area contributed by atoms with Crippen molar-refractivity contribution in [3.63, 3.8) is 0 Å². The third-order valence-electron chi connectivity index (χ3n) is 2.68. The lowest BCUT2D eigenvalue weighted by molar-refractivity contribution is 0.644. The van der Waals surface area contributed by atoms with E-state index in [0.717, 1.165) is 25.3 Å². The molecule has 3 heteroatoms. The summed E-state index contributed by atoms with van der Waals surface area (Å²) in [7, 11) is 0. The molecule has 0 bridgehead atoms. The molecular formula is C14H19N3. The second-order valence-corrected chi connectivity index (χ2v) is 4.27. The molecule has 90 valence electrons. The van der Waals surface area contributed by atoms with E-state index in [-0.39, 0.29) is 0 Å². The molecule has 0 aliphatic rings. The third-order valence-corrected chi connectivity index (χ3v) is 2.68. The van der Waals surface area contributed by atoms with Gasteiger partial charge in [0.2, 0.25) is 0 Å². The van der Waals surface area contributed by atoms with Crippen molar-refractivity contribution in [1.82, 2.24) is 15.1 Å². The number of nitrogens with one attached hydrogen (secondary N) is 1. The average Bonchev–Trinajstić information content (AvgIpc) is 2.74. The van der Waals surface area contributed by atoms with Crippen molar-refractivity contribution >= 4 is 0 Å². The van der Waals surface area contributed by atoms with Crippen LogP contribution in [0.2, 0.25) is 0 Å². The first-order valence-electron chi connectivity index (χ1n) is 6.06. The lowest BCUT2D eigenvalue weighted by Gasteiger charge is -2.03. The van der Waals surface area contributed by atoms with Gasteiger partial charge in [-0.3, -0.25) is 4.68 Å². The molecule has 1 heterocycles. The number of hydrogen-bond donors (Lipinski definition) is 1. The van der Waals surface area contributed by atoms with Crippen LogP contribution in [0.5, 0.6) is 0 Å². The normalized spacial score (nSPS) is 10.7. The second kappa shape index (κ2) is 5.64. The first kappa shape index (κ1) is 11.9. The van der Waals surface area contributed by atoms with Crippen molar-refractivity contribution in [1.29, 1.82) is 0 Å². The maximum Gasteiger partial charge on any atom is 0.0762 e. The van der Waals surface area contributed by atoms with Gasteiger partial charge in [-0.05, 0) is 25.1 Å². The van der Waals surface area contributed by atoms with Gasteiger partial charge < -0.3 is 5.32 Å². The van der Waals surface area contributed by atoms with Gasteiger partial charge in [0.25, 0.3) is 0 Å². The molecule has 0 amide bonds. The fourth-order valence-electron chi connectivity index (χ4n) is 1.84. The van der Waals surface area contributed by atoms with Crippen LogP contribution in [0.15, 0.2) is 36.5 Å². The van der Waals surface area contributed by atoms with Gasteiger partial charge in [0.05, 0.1) is 12.2 Å². The third kappa shape index (κ3) is 3.43. The topological polar surface area (TPSA) is 29.9 Å². The van der Waals surface area contributed by atoms with Crippen molar-refractivity contribution in [3.05, 3.63) is 53.3 Å². The minimum absolute atomic E-state index is 0.841. The highest BCUT2D eigenvalue weighted by molar-refractivity contribution is 5.22. The molecule has 3 nitrogen and oxygen atoms in total. The maximum absolute atomic E-state index is 4.53. The van der Waals surface area contributed by atoms with Crippen molar-refractivity contribution < 1.29 is 0 Å². The summed E-state index contributed by atoms with van der Waals surface area (Å²) < 4.78 is 1.99. The van der Waals surface area contributed by atoms with Gasteiger partial charge in [0.15, 0.2) is 0 Å². The molecule has 2 rings (SSSR count). The molecule has 0 atom stereocenters. The first-order chi connectivity index (χ1) is 8.28. The van der Waals surface area contributed by atoms with Crippen LogP contribution in [-0.4, -0.2) is 16.3 Å². The molecule has 1 aromatic heterocycles. The van der Waals surface area contributed by atoms with E-state index in [1.165, 1.54) is 11.1 Å². The molecule has 17 heavy (non-hydrogen) atoms. The lowest BCUT2D eigenvalue weighted by atomic mass is 10.1. The van der Waals surface area contributed by atoms with Gasteiger partial charge >= 0.3 is 0 Å². The summed E-state index contributed by atoms with van der Waals surface area (Å²) in [6, 6.07) is 10.6. The molecule has 0 spiro atoms. The van der Waals surface area contributed by atoms with Crippen LogP contribution in [0.3, 0.4) is 0 Å². The largest absolute Gasteiger partial charge is 0.311 e. The Kier molecular flexibility index (Phi) is 3.94. The van der Waals surface area contributed by atoms with Crippen molar-refractivity contribution in [2.75, 3.05) is 6.54 Å². The SMILES string of the molecule is CCNCc1ccn(Cc2cccc(C)c2)n1. The minimum Gasteiger partial charge on any atom is -0.311 e. The van der Waals surface area contributed by atoms with Crippen molar-refractivity contribution in [3.8, 4) is 0 Å². The summed E-state index contributed by atoms with van der Waals surface area (Å²) in [6.45, 7) is 6.88. The van der Waals surface area contributed by atoms with E-state index in [1.807, 2.05) is 10.9 Å². The van der Waals surface area contributed by atoms with Gasteiger partial charge in [-0.15, -0.1) is 0 Å². The average molecular weight is 229 g/mol. The van der Waals surface area contributed by atoms with Gasteiger partial charge in [0, 0.05) is 12.7 Å². The minimum atomic E-state index is 0.841. The van der Waals surface area contributed by atoms with Crippen LogP contribution in [0.25, 0.3) is 0 Å². The summed E-state index contributed by atoms with van der Waals surface area (Å²) in [6.07, 6.45) is 2.04. The van der Waals surface area contributed by atoms with Gasteiger partial charge in [-0.1, -0.05) is 36.8 Å². The van der Waals surface area contributed by atoms with E-state index < -0.39 is 0 Å². The molecule has 0 aliphatic carbocycles. The molecule has 0 fully saturated rings. The van der Waals surface area contributed by atoms with Gasteiger partial charge in [-0.2, -0.15) is 5.10 Å². The van der Waals surface area contributed by atoms with Crippen LogP contribution in [-0.2, 0) is 13.1 Å². The molecule has 0 saturated heterocycles. The fraction of sp³-hybridized carbons (Fsp3) is 0.357. The number of benzene rings is 1. The Bertz CT molecular complexity index is 474. The molecule has 1 aromatic carbocycles. The number of rotatable bonds is 5. The first-order valence-corrected chi connectivity index (χ1v) is 6.06. The molecule has 1 N–H and O–H groups in total. The van der Waals surface area contributed by atoms with Crippen LogP contribution < -0.4 is 5.32 Å². The number of nitrogens with zero attached hydrogens (tertiary/aromatic N) is 2. The lowest BCUT2D eigenvalue weighted by Crippen LogP contribution is -2.12. The Labute approximate surface area is 102 Å². The quantitative estimate of drug-likeness (QED) is 0.853. The van der Waals surface area contributed by atoms with E-state index in [1.54, 1.807) is 0 Å². The zero-order chi connectivity index (χ0) is 12.1. The maximum atomic E-state index is 4.53. The summed E-state index contributed by atoms with van der Waals surface area (Å²) >= 11 is 0. The predicted octanol–water partition coefficient (Wildman–Crippen LogP) is 2.35. The Balaban J connectivity index is 2.01. The summed E-state index contributed by atoms with van der Waals surface area (Å²) in [5.41, 5.74) is 3.69. The number of hydrogen-bond acceptors (Lipinski definition) is 2. The highest BCUT2D eigenvalue weighted by Crippen LogP contribution is 2.06. The van der Waals surface area contributed by atoms with Crippen LogP contribution in [0.1, 0.15) is 23.7 Å². The van der Waals surface area contributed by atoms with Crippen molar-refractivity contribution in [2.24, 2.45) is 0 Å². The zero-order valence-corrected chi connectivity index (χ0v) is 10.5. The zero-order valence-electron chi connectivity index (χ0n) is 10.5. The molecule has 0 saturated carbocycles. The Morgan fingerprint density at radius 3 is 2.94 bits per heavy atom. The monoisotopic (exact) mass is 229 g/mol.